The molecule has 3 aromatic rings. The monoisotopic (exact) mass is 365 g/mol. The minimum Gasteiger partial charge on any atom is -0.334 e. The third kappa shape index (κ3) is 4.46. The number of carbonyl (C=O) groups excluding carboxylic acids is 1. The fourth-order valence-electron chi connectivity index (χ4n) is 2.07. The molecule has 8 heteroatoms. The first kappa shape index (κ1) is 17.6. The summed E-state index contributed by atoms with van der Waals surface area (Å²) in [5.41, 5.74) is 1.94. The number of thioether (sulfide) groups is 1. The molecule has 0 spiro atoms. The molecule has 1 N–H and O–H groups in total. The summed E-state index contributed by atoms with van der Waals surface area (Å²) < 4.78 is 5.17. The Bertz CT molecular complexity index is 929. The van der Waals surface area contributed by atoms with Crippen LogP contribution in [-0.2, 0) is 11.2 Å². The minimum atomic E-state index is -0.143. The van der Waals surface area contributed by atoms with Crippen molar-refractivity contribution in [3.63, 3.8) is 0 Å². The lowest BCUT2D eigenvalue weighted by atomic mass is 10.2. The molecule has 2 aromatic heterocycles. The van der Waals surface area contributed by atoms with Gasteiger partial charge in [0.1, 0.15) is 0 Å². The highest BCUT2D eigenvalue weighted by atomic mass is 32.2. The molecule has 0 bridgehead atoms. The molecule has 0 atom stereocenters. The second kappa shape index (κ2) is 8.27. The summed E-state index contributed by atoms with van der Waals surface area (Å²) in [4.78, 5) is 20.6. The van der Waals surface area contributed by atoms with Crippen LogP contribution in [0.15, 0.2) is 52.1 Å². The Balaban J connectivity index is 1.54. The highest BCUT2D eigenvalue weighted by molar-refractivity contribution is 7.99. The fraction of sp³-hybridized carbons (Fsp3) is 0.167. The predicted octanol–water partition coefficient (Wildman–Crippen LogP) is 3.30. The molecule has 0 aliphatic heterocycles. The first-order valence-corrected chi connectivity index (χ1v) is 8.88. The highest BCUT2D eigenvalue weighted by Crippen LogP contribution is 2.21. The Morgan fingerprint density at radius 1 is 1.27 bits per heavy atom. The number of aromatic nitrogens is 3. The van der Waals surface area contributed by atoms with Gasteiger partial charge in [-0.2, -0.15) is 10.2 Å². The number of hydrogen-bond acceptors (Lipinski definition) is 7. The smallest absolute Gasteiger partial charge is 0.259 e. The number of benzene rings is 1. The molecule has 0 unspecified atom stereocenters. The van der Waals surface area contributed by atoms with Gasteiger partial charge in [0, 0.05) is 18.3 Å². The van der Waals surface area contributed by atoms with Crippen molar-refractivity contribution in [3.8, 4) is 17.5 Å². The topological polar surface area (TPSA) is 105 Å². The summed E-state index contributed by atoms with van der Waals surface area (Å²) in [5, 5.41) is 16.1. The molecule has 0 saturated heterocycles. The molecule has 0 saturated carbocycles. The number of amides is 1. The Morgan fingerprint density at radius 2 is 2.08 bits per heavy atom. The molecule has 7 nitrogen and oxygen atoms in total. The van der Waals surface area contributed by atoms with E-state index in [1.165, 1.54) is 11.8 Å². The van der Waals surface area contributed by atoms with Crippen molar-refractivity contribution in [1.29, 1.82) is 5.26 Å². The summed E-state index contributed by atoms with van der Waals surface area (Å²) >= 11 is 1.33. The van der Waals surface area contributed by atoms with Crippen LogP contribution in [0.25, 0.3) is 11.5 Å². The number of carbonyl (C=O) groups is 1. The van der Waals surface area contributed by atoms with E-state index >= 15 is 0 Å². The molecule has 3 rings (SSSR count). The second-order valence-corrected chi connectivity index (χ2v) is 6.28. The SMILES string of the molecule is CCc1noc(-c2ccc(SCC(=O)Nc3ccc(C#N)cc3)nc2)n1. The van der Waals surface area contributed by atoms with Crippen LogP contribution in [0.3, 0.4) is 0 Å². The summed E-state index contributed by atoms with van der Waals surface area (Å²) in [7, 11) is 0. The summed E-state index contributed by atoms with van der Waals surface area (Å²) in [5.74, 6) is 1.17. The van der Waals surface area contributed by atoms with Crippen molar-refractivity contribution in [2.75, 3.05) is 11.1 Å². The summed E-state index contributed by atoms with van der Waals surface area (Å²) in [6, 6.07) is 12.4. The molecule has 0 radical (unpaired) electrons. The average Bonchev–Trinajstić information content (AvgIpc) is 3.17. The fourth-order valence-corrected chi connectivity index (χ4v) is 2.71. The van der Waals surface area contributed by atoms with Gasteiger partial charge in [-0.3, -0.25) is 4.79 Å². The number of rotatable bonds is 6. The van der Waals surface area contributed by atoms with Crippen molar-refractivity contribution >= 4 is 23.4 Å². The largest absolute Gasteiger partial charge is 0.334 e. The van der Waals surface area contributed by atoms with E-state index in [4.69, 9.17) is 9.78 Å². The van der Waals surface area contributed by atoms with Gasteiger partial charge in [0.05, 0.1) is 28.0 Å². The normalized spacial score (nSPS) is 10.3. The van der Waals surface area contributed by atoms with Crippen molar-refractivity contribution in [3.05, 3.63) is 54.0 Å². The maximum Gasteiger partial charge on any atom is 0.259 e. The van der Waals surface area contributed by atoms with Gasteiger partial charge in [0.2, 0.25) is 5.91 Å². The molecular weight excluding hydrogens is 350 g/mol. The Morgan fingerprint density at radius 3 is 2.69 bits per heavy atom. The van der Waals surface area contributed by atoms with Gasteiger partial charge >= 0.3 is 0 Å². The summed E-state index contributed by atoms with van der Waals surface area (Å²) in [6.45, 7) is 1.95. The Kier molecular flexibility index (Phi) is 5.61. The van der Waals surface area contributed by atoms with Crippen molar-refractivity contribution < 1.29 is 9.32 Å². The number of nitrogens with zero attached hydrogens (tertiary/aromatic N) is 4. The van der Waals surface area contributed by atoms with Crippen LogP contribution in [0, 0.1) is 11.3 Å². The van der Waals surface area contributed by atoms with E-state index in [9.17, 15) is 4.79 Å². The van der Waals surface area contributed by atoms with E-state index in [2.05, 4.69) is 20.4 Å². The van der Waals surface area contributed by atoms with Gasteiger partial charge in [0.25, 0.3) is 5.89 Å². The lowest BCUT2D eigenvalue weighted by Gasteiger charge is -2.05. The molecule has 130 valence electrons. The Hall–Kier alpha value is -3.18. The van der Waals surface area contributed by atoms with Crippen LogP contribution in [0.5, 0.6) is 0 Å². The van der Waals surface area contributed by atoms with Gasteiger partial charge in [-0.25, -0.2) is 4.98 Å². The van der Waals surface area contributed by atoms with Crippen molar-refractivity contribution in [2.45, 2.75) is 18.4 Å². The number of pyridine rings is 1. The maximum atomic E-state index is 12.0. The highest BCUT2D eigenvalue weighted by Gasteiger charge is 2.09. The third-order valence-electron chi connectivity index (χ3n) is 3.42. The number of hydrogen-bond donors (Lipinski definition) is 1. The third-order valence-corrected chi connectivity index (χ3v) is 4.36. The lowest BCUT2D eigenvalue weighted by Crippen LogP contribution is -2.14. The zero-order chi connectivity index (χ0) is 18.4. The first-order chi connectivity index (χ1) is 12.7. The van der Waals surface area contributed by atoms with Crippen molar-refractivity contribution in [2.24, 2.45) is 0 Å². The maximum absolute atomic E-state index is 12.0. The molecule has 1 aromatic carbocycles. The molecule has 1 amide bonds. The number of aryl methyl sites for hydroxylation is 1. The lowest BCUT2D eigenvalue weighted by molar-refractivity contribution is -0.113. The second-order valence-electron chi connectivity index (χ2n) is 5.28. The van der Waals surface area contributed by atoms with E-state index in [1.54, 1.807) is 30.5 Å². The van der Waals surface area contributed by atoms with E-state index in [1.807, 2.05) is 25.1 Å². The predicted molar refractivity (Wildman–Crippen MR) is 97.4 cm³/mol. The zero-order valence-corrected chi connectivity index (χ0v) is 14.8. The molecule has 0 fully saturated rings. The standard InChI is InChI=1S/C18H15N5O2S/c1-2-15-22-18(25-23-15)13-5-8-17(20-10-13)26-11-16(24)21-14-6-3-12(9-19)4-7-14/h3-8,10H,2,11H2,1H3,(H,21,24). The van der Waals surface area contributed by atoms with Crippen LogP contribution in [0.1, 0.15) is 18.3 Å². The van der Waals surface area contributed by atoms with Crippen LogP contribution < -0.4 is 5.32 Å². The summed E-state index contributed by atoms with van der Waals surface area (Å²) in [6.07, 6.45) is 2.35. The molecule has 0 aliphatic carbocycles. The molecule has 26 heavy (non-hydrogen) atoms. The first-order valence-electron chi connectivity index (χ1n) is 7.89. The average molecular weight is 365 g/mol. The van der Waals surface area contributed by atoms with Gasteiger partial charge in [-0.05, 0) is 36.4 Å². The number of anilines is 1. The van der Waals surface area contributed by atoms with E-state index < -0.39 is 0 Å². The number of nitriles is 1. The van der Waals surface area contributed by atoms with Crippen LogP contribution in [0.2, 0.25) is 0 Å². The Labute approximate surface area is 154 Å². The van der Waals surface area contributed by atoms with Crippen LogP contribution in [0.4, 0.5) is 5.69 Å². The van der Waals surface area contributed by atoms with Gasteiger partial charge in [-0.15, -0.1) is 0 Å². The quantitative estimate of drug-likeness (QED) is 0.668. The number of nitrogens with one attached hydrogen (secondary N) is 1. The van der Waals surface area contributed by atoms with Gasteiger partial charge in [-0.1, -0.05) is 23.8 Å². The van der Waals surface area contributed by atoms with E-state index in [0.717, 1.165) is 10.6 Å². The van der Waals surface area contributed by atoms with Crippen LogP contribution in [-0.4, -0.2) is 26.8 Å². The van der Waals surface area contributed by atoms with E-state index in [0.29, 0.717) is 29.4 Å². The van der Waals surface area contributed by atoms with Gasteiger partial charge < -0.3 is 9.84 Å². The van der Waals surface area contributed by atoms with Crippen molar-refractivity contribution in [1.82, 2.24) is 15.1 Å². The minimum absolute atomic E-state index is 0.143. The molecular formula is C18H15N5O2S. The molecule has 2 heterocycles. The zero-order valence-electron chi connectivity index (χ0n) is 14.0. The van der Waals surface area contributed by atoms with E-state index in [-0.39, 0.29) is 11.7 Å². The molecule has 0 aliphatic rings. The van der Waals surface area contributed by atoms with Crippen LogP contribution >= 0.6 is 11.8 Å². The van der Waals surface area contributed by atoms with Gasteiger partial charge in [0.15, 0.2) is 5.82 Å².